The van der Waals surface area contributed by atoms with Crippen LogP contribution in [-0.4, -0.2) is 37.8 Å². The van der Waals surface area contributed by atoms with Gasteiger partial charge in [0, 0.05) is 28.6 Å². The van der Waals surface area contributed by atoms with Crippen LogP contribution in [0.2, 0.25) is 0 Å². The molecule has 0 spiro atoms. The Morgan fingerprint density at radius 1 is 1.11 bits per heavy atom. The van der Waals surface area contributed by atoms with Gasteiger partial charge in [-0.25, -0.2) is 8.42 Å². The zero-order valence-corrected chi connectivity index (χ0v) is 16.9. The molecule has 8 heteroatoms. The number of nitrogens with zero attached hydrogens (tertiary/aromatic N) is 1. The second-order valence-corrected chi connectivity index (χ2v) is 9.30. The molecule has 2 amide bonds. The van der Waals surface area contributed by atoms with Crippen molar-refractivity contribution in [3.8, 4) is 0 Å². The molecule has 0 saturated heterocycles. The third-order valence-corrected chi connectivity index (χ3v) is 6.46. The van der Waals surface area contributed by atoms with E-state index in [1.54, 1.807) is 35.2 Å². The normalized spacial score (nSPS) is 17.2. The third-order valence-electron chi connectivity index (χ3n) is 4.08. The number of para-hydroxylation sites is 1. The average Bonchev–Trinajstić information content (AvgIpc) is 3.01. The van der Waals surface area contributed by atoms with Crippen LogP contribution >= 0.6 is 11.8 Å². The van der Waals surface area contributed by atoms with E-state index < -0.39 is 15.9 Å². The number of amides is 2. The molecule has 0 bridgehead atoms. The Labute approximate surface area is 168 Å². The van der Waals surface area contributed by atoms with Crippen LogP contribution in [-0.2, 0) is 19.4 Å². The number of sulfone groups is 1. The minimum absolute atomic E-state index is 0.107. The lowest BCUT2D eigenvalue weighted by atomic mass is 10.2. The first-order valence-corrected chi connectivity index (χ1v) is 11.3. The van der Waals surface area contributed by atoms with Gasteiger partial charge in [0.15, 0.2) is 9.84 Å². The summed E-state index contributed by atoms with van der Waals surface area (Å²) in [6.07, 6.45) is 1.56. The van der Waals surface area contributed by atoms with E-state index in [9.17, 15) is 18.0 Å². The Bertz CT molecular complexity index is 987. The quantitative estimate of drug-likeness (QED) is 0.732. The summed E-state index contributed by atoms with van der Waals surface area (Å²) in [7, 11) is -3.28. The lowest BCUT2D eigenvalue weighted by Crippen LogP contribution is -2.42. The van der Waals surface area contributed by atoms with Gasteiger partial charge in [0.1, 0.15) is 0 Å². The molecule has 1 aliphatic rings. The van der Waals surface area contributed by atoms with E-state index in [1.807, 2.05) is 30.3 Å². The van der Waals surface area contributed by atoms with Gasteiger partial charge in [0.05, 0.1) is 17.5 Å². The van der Waals surface area contributed by atoms with Gasteiger partial charge in [0.2, 0.25) is 11.8 Å². The molecule has 0 saturated carbocycles. The first-order valence-electron chi connectivity index (χ1n) is 8.62. The van der Waals surface area contributed by atoms with Crippen molar-refractivity contribution in [1.29, 1.82) is 0 Å². The SMILES string of the molecule is CC(=O)Nc1ccc(SCC(=O)N(c2ccccc2)[C@@H]2C=CS(=O)(=O)C2)cc1. The van der Waals surface area contributed by atoms with Gasteiger partial charge in [-0.15, -0.1) is 11.8 Å². The highest BCUT2D eigenvalue weighted by molar-refractivity contribution is 8.00. The molecule has 28 heavy (non-hydrogen) atoms. The summed E-state index contributed by atoms with van der Waals surface area (Å²) in [5.74, 6) is -0.259. The van der Waals surface area contributed by atoms with Gasteiger partial charge in [0.25, 0.3) is 0 Å². The summed E-state index contributed by atoms with van der Waals surface area (Å²) in [5.41, 5.74) is 1.36. The lowest BCUT2D eigenvalue weighted by Gasteiger charge is -2.27. The molecule has 0 fully saturated rings. The molecule has 2 aromatic carbocycles. The van der Waals surface area contributed by atoms with Crippen molar-refractivity contribution in [3.63, 3.8) is 0 Å². The number of hydrogen-bond donors (Lipinski definition) is 1. The molecular formula is C20H20N2O4S2. The van der Waals surface area contributed by atoms with Crippen LogP contribution < -0.4 is 10.2 Å². The summed E-state index contributed by atoms with van der Waals surface area (Å²) < 4.78 is 23.7. The smallest absolute Gasteiger partial charge is 0.237 e. The Hall–Kier alpha value is -2.58. The number of thioether (sulfide) groups is 1. The van der Waals surface area contributed by atoms with Crippen LogP contribution in [0, 0.1) is 0 Å². The molecule has 0 aliphatic carbocycles. The van der Waals surface area contributed by atoms with Crippen molar-refractivity contribution in [1.82, 2.24) is 0 Å². The molecule has 1 N–H and O–H groups in total. The van der Waals surface area contributed by atoms with Gasteiger partial charge in [-0.2, -0.15) is 0 Å². The van der Waals surface area contributed by atoms with Gasteiger partial charge in [-0.1, -0.05) is 18.2 Å². The standard InChI is InChI=1S/C20H20N2O4S2/c1-15(23)21-16-7-9-19(10-8-16)27-13-20(24)22(17-5-3-2-4-6-17)18-11-12-28(25,26)14-18/h2-12,18H,13-14H2,1H3,(H,21,23)/t18-/m1/s1. The number of nitrogens with one attached hydrogen (secondary N) is 1. The first-order chi connectivity index (χ1) is 13.3. The van der Waals surface area contributed by atoms with Gasteiger partial charge >= 0.3 is 0 Å². The average molecular weight is 417 g/mol. The fourth-order valence-corrected chi connectivity index (χ4v) is 4.91. The fourth-order valence-electron chi connectivity index (χ4n) is 2.88. The number of hydrogen-bond acceptors (Lipinski definition) is 5. The van der Waals surface area contributed by atoms with Crippen LogP contribution in [0.5, 0.6) is 0 Å². The highest BCUT2D eigenvalue weighted by Gasteiger charge is 2.31. The van der Waals surface area contributed by atoms with E-state index in [4.69, 9.17) is 0 Å². The van der Waals surface area contributed by atoms with Crippen LogP contribution in [0.3, 0.4) is 0 Å². The van der Waals surface area contributed by atoms with Gasteiger partial charge in [-0.05, 0) is 42.5 Å². The van der Waals surface area contributed by atoms with Gasteiger partial charge in [-0.3, -0.25) is 9.59 Å². The molecule has 0 unspecified atom stereocenters. The number of carbonyl (C=O) groups excluding carboxylic acids is 2. The molecule has 6 nitrogen and oxygen atoms in total. The second-order valence-electron chi connectivity index (χ2n) is 6.32. The summed E-state index contributed by atoms with van der Waals surface area (Å²) in [5, 5.41) is 3.87. The van der Waals surface area contributed by atoms with Crippen molar-refractivity contribution < 1.29 is 18.0 Å². The minimum atomic E-state index is -3.28. The molecule has 3 rings (SSSR count). The number of anilines is 2. The maximum Gasteiger partial charge on any atom is 0.237 e. The topological polar surface area (TPSA) is 83.6 Å². The summed E-state index contributed by atoms with van der Waals surface area (Å²) in [6, 6.07) is 15.8. The predicted octanol–water partition coefficient (Wildman–Crippen LogP) is 3.08. The molecule has 0 aromatic heterocycles. The van der Waals surface area contributed by atoms with Crippen molar-refractivity contribution in [2.75, 3.05) is 21.7 Å². The maximum absolute atomic E-state index is 12.9. The molecular weight excluding hydrogens is 396 g/mol. The van der Waals surface area contributed by atoms with Crippen molar-refractivity contribution in [2.45, 2.75) is 17.9 Å². The van der Waals surface area contributed by atoms with E-state index in [0.29, 0.717) is 11.4 Å². The van der Waals surface area contributed by atoms with Crippen molar-refractivity contribution in [2.24, 2.45) is 0 Å². The summed E-state index contributed by atoms with van der Waals surface area (Å²) in [4.78, 5) is 26.4. The lowest BCUT2D eigenvalue weighted by molar-refractivity contribution is -0.116. The molecule has 2 aromatic rings. The zero-order valence-electron chi connectivity index (χ0n) is 15.2. The Kier molecular flexibility index (Phi) is 6.21. The molecule has 146 valence electrons. The zero-order chi connectivity index (χ0) is 20.1. The molecule has 0 radical (unpaired) electrons. The second kappa shape index (κ2) is 8.62. The Morgan fingerprint density at radius 2 is 1.79 bits per heavy atom. The van der Waals surface area contributed by atoms with E-state index in [1.165, 1.54) is 24.1 Å². The maximum atomic E-state index is 12.9. The Balaban J connectivity index is 1.71. The van der Waals surface area contributed by atoms with Crippen molar-refractivity contribution in [3.05, 3.63) is 66.1 Å². The van der Waals surface area contributed by atoms with Crippen LogP contribution in [0.1, 0.15) is 6.92 Å². The monoisotopic (exact) mass is 416 g/mol. The Morgan fingerprint density at radius 3 is 2.36 bits per heavy atom. The third kappa shape index (κ3) is 5.24. The van der Waals surface area contributed by atoms with E-state index in [0.717, 1.165) is 4.90 Å². The fraction of sp³-hybridized carbons (Fsp3) is 0.200. The number of rotatable bonds is 6. The van der Waals surface area contributed by atoms with E-state index >= 15 is 0 Å². The molecule has 1 atom stereocenters. The largest absolute Gasteiger partial charge is 0.326 e. The van der Waals surface area contributed by atoms with Crippen LogP contribution in [0.15, 0.2) is 71.0 Å². The predicted molar refractivity (Wildman–Crippen MR) is 112 cm³/mol. The van der Waals surface area contributed by atoms with Crippen LogP contribution in [0.4, 0.5) is 11.4 Å². The highest BCUT2D eigenvalue weighted by atomic mass is 32.2. The first kappa shape index (κ1) is 20.2. The van der Waals surface area contributed by atoms with Crippen LogP contribution in [0.25, 0.3) is 0 Å². The van der Waals surface area contributed by atoms with Gasteiger partial charge < -0.3 is 10.2 Å². The molecule has 1 heterocycles. The summed E-state index contributed by atoms with van der Waals surface area (Å²) >= 11 is 1.36. The van der Waals surface area contributed by atoms with E-state index in [2.05, 4.69) is 5.32 Å². The van der Waals surface area contributed by atoms with E-state index in [-0.39, 0.29) is 23.3 Å². The van der Waals surface area contributed by atoms with Crippen molar-refractivity contribution >= 4 is 44.8 Å². The minimum Gasteiger partial charge on any atom is -0.326 e. The summed E-state index contributed by atoms with van der Waals surface area (Å²) in [6.45, 7) is 1.44. The number of benzene rings is 2. The highest BCUT2D eigenvalue weighted by Crippen LogP contribution is 2.26. The molecule has 1 aliphatic heterocycles. The number of carbonyl (C=O) groups is 2.